The van der Waals surface area contributed by atoms with Gasteiger partial charge in [-0.2, -0.15) is 0 Å². The molecule has 2 fully saturated rings. The van der Waals surface area contributed by atoms with Crippen molar-refractivity contribution in [1.82, 2.24) is 9.80 Å². The number of urea groups is 1. The first kappa shape index (κ1) is 20.2. The summed E-state index contributed by atoms with van der Waals surface area (Å²) in [6, 6.07) is 8.01. The molecule has 0 aliphatic carbocycles. The molecule has 2 aliphatic rings. The highest BCUT2D eigenvalue weighted by molar-refractivity contribution is 5.94. The van der Waals surface area contributed by atoms with Gasteiger partial charge in [0.2, 0.25) is 0 Å². The molecule has 0 radical (unpaired) electrons. The Balaban J connectivity index is 1.46. The van der Waals surface area contributed by atoms with E-state index in [1.54, 1.807) is 0 Å². The lowest BCUT2D eigenvalue weighted by Gasteiger charge is -2.38. The Morgan fingerprint density at radius 1 is 1.04 bits per heavy atom. The van der Waals surface area contributed by atoms with Crippen molar-refractivity contribution in [2.45, 2.75) is 38.0 Å². The number of likely N-dealkylation sites (tertiary alicyclic amines) is 2. The number of methoxy groups -OCH3 is 1. The molecule has 0 unspecified atom stereocenters. The van der Waals surface area contributed by atoms with Crippen molar-refractivity contribution in [2.24, 2.45) is 11.7 Å². The molecular formula is C21H30N4O3. The number of hydrogen-bond donors (Lipinski definition) is 2. The molecule has 7 heteroatoms. The van der Waals surface area contributed by atoms with E-state index in [0.29, 0.717) is 31.3 Å². The van der Waals surface area contributed by atoms with Gasteiger partial charge in [0, 0.05) is 38.2 Å². The smallest absolute Gasteiger partial charge is 0.319 e. The number of carbonyl (C=O) groups excluding carboxylic acids is 2. The summed E-state index contributed by atoms with van der Waals surface area (Å²) in [6.45, 7) is 2.96. The second-order valence-corrected chi connectivity index (χ2v) is 7.79. The quantitative estimate of drug-likeness (QED) is 0.472. The van der Waals surface area contributed by atoms with Gasteiger partial charge in [0.25, 0.3) is 0 Å². The number of nitrogens with one attached hydrogen (secondary N) is 1. The molecule has 3 N–H and O–H groups in total. The summed E-state index contributed by atoms with van der Waals surface area (Å²) in [5, 5.41) is 7.48. The van der Waals surface area contributed by atoms with Crippen molar-refractivity contribution in [2.75, 3.05) is 33.3 Å². The molecule has 0 spiro atoms. The Morgan fingerprint density at radius 3 is 2.07 bits per heavy atom. The van der Waals surface area contributed by atoms with Gasteiger partial charge in [-0.3, -0.25) is 10.2 Å². The van der Waals surface area contributed by atoms with Gasteiger partial charge < -0.3 is 20.3 Å². The highest BCUT2D eigenvalue weighted by Crippen LogP contribution is 2.29. The van der Waals surface area contributed by atoms with Crippen molar-refractivity contribution >= 4 is 17.8 Å². The molecule has 0 saturated carbocycles. The number of hydrogen-bond acceptors (Lipinski definition) is 4. The van der Waals surface area contributed by atoms with Gasteiger partial charge in [-0.1, -0.05) is 24.3 Å². The second kappa shape index (κ2) is 9.08. The molecule has 1 aromatic rings. The Kier molecular flexibility index (Phi) is 6.54. The molecule has 2 aliphatic heterocycles. The fourth-order valence-corrected chi connectivity index (χ4v) is 4.19. The van der Waals surface area contributed by atoms with Crippen LogP contribution in [0.4, 0.5) is 4.79 Å². The highest BCUT2D eigenvalue weighted by atomic mass is 16.5. The van der Waals surface area contributed by atoms with Crippen molar-refractivity contribution in [3.63, 3.8) is 0 Å². The Labute approximate surface area is 166 Å². The number of nitrogens with zero attached hydrogens (tertiary/aromatic N) is 2. The average molecular weight is 386 g/mol. The van der Waals surface area contributed by atoms with E-state index in [-0.39, 0.29) is 17.8 Å². The normalized spacial score (nSPS) is 18.8. The molecule has 2 saturated heterocycles. The predicted molar refractivity (Wildman–Crippen MR) is 107 cm³/mol. The van der Waals surface area contributed by atoms with Gasteiger partial charge in [0.1, 0.15) is 5.84 Å². The SMILES string of the molecule is COC(=O)CC1CCN(C(=O)N2CCC(c3ccc(C(=N)N)cc3)CC2)CC1. The lowest BCUT2D eigenvalue weighted by molar-refractivity contribution is -0.142. The lowest BCUT2D eigenvalue weighted by atomic mass is 9.89. The van der Waals surface area contributed by atoms with Crippen LogP contribution in [0.25, 0.3) is 0 Å². The molecule has 2 amide bonds. The van der Waals surface area contributed by atoms with E-state index < -0.39 is 0 Å². The summed E-state index contributed by atoms with van der Waals surface area (Å²) < 4.78 is 4.74. The Morgan fingerprint density at radius 2 is 1.57 bits per heavy atom. The van der Waals surface area contributed by atoms with Crippen LogP contribution in [0.5, 0.6) is 0 Å². The third kappa shape index (κ3) is 4.82. The van der Waals surface area contributed by atoms with Crippen LogP contribution in [0.2, 0.25) is 0 Å². The largest absolute Gasteiger partial charge is 0.469 e. The summed E-state index contributed by atoms with van der Waals surface area (Å²) in [6.07, 6.45) is 4.07. The van der Waals surface area contributed by atoms with Crippen LogP contribution in [0.1, 0.15) is 49.1 Å². The first-order chi connectivity index (χ1) is 13.5. The summed E-state index contributed by atoms with van der Waals surface area (Å²) in [5.74, 6) is 0.682. The number of amides is 2. The van der Waals surface area contributed by atoms with Gasteiger partial charge in [0.15, 0.2) is 0 Å². The number of piperidine rings is 2. The van der Waals surface area contributed by atoms with E-state index in [4.69, 9.17) is 15.9 Å². The van der Waals surface area contributed by atoms with Gasteiger partial charge in [0.05, 0.1) is 7.11 Å². The van der Waals surface area contributed by atoms with Crippen LogP contribution >= 0.6 is 0 Å². The number of carbonyl (C=O) groups is 2. The number of nitrogens with two attached hydrogens (primary N) is 1. The van der Waals surface area contributed by atoms with Crippen LogP contribution in [0.3, 0.4) is 0 Å². The molecule has 1 aromatic carbocycles. The zero-order valence-corrected chi connectivity index (χ0v) is 16.5. The number of benzene rings is 1. The second-order valence-electron chi connectivity index (χ2n) is 7.79. The highest BCUT2D eigenvalue weighted by Gasteiger charge is 2.30. The standard InChI is InChI=1S/C21H30N4O3/c1-28-19(26)14-15-6-10-24(11-7-15)21(27)25-12-8-17(9-13-25)16-2-4-18(5-3-16)20(22)23/h2-5,15,17H,6-14H2,1H3,(H3,22,23). The van der Waals surface area contributed by atoms with E-state index >= 15 is 0 Å². The van der Waals surface area contributed by atoms with Crippen molar-refractivity contribution in [3.05, 3.63) is 35.4 Å². The Bertz CT molecular complexity index is 703. The van der Waals surface area contributed by atoms with E-state index in [2.05, 4.69) is 0 Å². The minimum Gasteiger partial charge on any atom is -0.469 e. The summed E-state index contributed by atoms with van der Waals surface area (Å²) in [7, 11) is 1.42. The van der Waals surface area contributed by atoms with Gasteiger partial charge in [-0.05, 0) is 43.1 Å². The number of ether oxygens (including phenoxy) is 1. The fourth-order valence-electron chi connectivity index (χ4n) is 4.19. The van der Waals surface area contributed by atoms with E-state index in [0.717, 1.165) is 44.3 Å². The van der Waals surface area contributed by atoms with Crippen LogP contribution in [0.15, 0.2) is 24.3 Å². The van der Waals surface area contributed by atoms with Crippen LogP contribution < -0.4 is 5.73 Å². The maximum absolute atomic E-state index is 12.8. The van der Waals surface area contributed by atoms with Crippen LogP contribution in [0, 0.1) is 11.3 Å². The number of amidine groups is 1. The first-order valence-corrected chi connectivity index (χ1v) is 10.0. The zero-order valence-electron chi connectivity index (χ0n) is 16.5. The number of nitrogen functional groups attached to an aromatic ring is 1. The van der Waals surface area contributed by atoms with E-state index in [1.807, 2.05) is 34.1 Å². The topological polar surface area (TPSA) is 99.7 Å². The van der Waals surface area contributed by atoms with Crippen molar-refractivity contribution < 1.29 is 14.3 Å². The summed E-state index contributed by atoms with van der Waals surface area (Å²) >= 11 is 0. The molecule has 3 rings (SSSR count). The van der Waals surface area contributed by atoms with Gasteiger partial charge in [-0.15, -0.1) is 0 Å². The van der Waals surface area contributed by atoms with Crippen molar-refractivity contribution in [3.8, 4) is 0 Å². The maximum Gasteiger partial charge on any atom is 0.319 e. The van der Waals surface area contributed by atoms with E-state index in [1.165, 1.54) is 12.7 Å². The molecule has 0 aromatic heterocycles. The molecular weight excluding hydrogens is 356 g/mol. The minimum atomic E-state index is -0.164. The molecule has 28 heavy (non-hydrogen) atoms. The Hall–Kier alpha value is -2.57. The third-order valence-electron chi connectivity index (χ3n) is 6.03. The molecule has 2 heterocycles. The molecule has 7 nitrogen and oxygen atoms in total. The predicted octanol–water partition coefficient (Wildman–Crippen LogP) is 2.55. The summed E-state index contributed by atoms with van der Waals surface area (Å²) in [5.41, 5.74) is 7.51. The maximum atomic E-state index is 12.8. The molecule has 152 valence electrons. The molecule has 0 atom stereocenters. The summed E-state index contributed by atoms with van der Waals surface area (Å²) in [4.78, 5) is 28.1. The van der Waals surface area contributed by atoms with Crippen molar-refractivity contribution in [1.29, 1.82) is 5.41 Å². The van der Waals surface area contributed by atoms with Gasteiger partial charge in [-0.25, -0.2) is 4.79 Å². The van der Waals surface area contributed by atoms with Gasteiger partial charge >= 0.3 is 12.0 Å². The lowest BCUT2D eigenvalue weighted by Crippen LogP contribution is -2.49. The molecule has 0 bridgehead atoms. The first-order valence-electron chi connectivity index (χ1n) is 10.0. The van der Waals surface area contributed by atoms with Crippen LogP contribution in [-0.2, 0) is 9.53 Å². The monoisotopic (exact) mass is 386 g/mol. The fraction of sp³-hybridized carbons (Fsp3) is 0.571. The van der Waals surface area contributed by atoms with E-state index in [9.17, 15) is 9.59 Å². The van der Waals surface area contributed by atoms with Crippen LogP contribution in [-0.4, -0.2) is 60.9 Å². The third-order valence-corrected chi connectivity index (χ3v) is 6.03. The average Bonchev–Trinajstić information content (AvgIpc) is 2.74. The number of esters is 1. The zero-order chi connectivity index (χ0) is 20.1. The minimum absolute atomic E-state index is 0.0855. The number of rotatable bonds is 4.